The van der Waals surface area contributed by atoms with Gasteiger partial charge in [-0.25, -0.2) is 9.97 Å². The summed E-state index contributed by atoms with van der Waals surface area (Å²) in [4.78, 5) is 7.37. The smallest absolute Gasteiger partial charge is 0.248 e. The van der Waals surface area contributed by atoms with Crippen LogP contribution in [-0.4, -0.2) is 4.98 Å². The second-order valence-corrected chi connectivity index (χ2v) is 4.46. The monoisotopic (exact) mass is 285 g/mol. The number of aromatic nitrogens is 2. The highest BCUT2D eigenvalue weighted by Crippen LogP contribution is 2.13. The summed E-state index contributed by atoms with van der Waals surface area (Å²) < 4.78 is 0. The van der Waals surface area contributed by atoms with Crippen LogP contribution in [0.15, 0.2) is 60.9 Å². The van der Waals surface area contributed by atoms with E-state index in [0.717, 1.165) is 23.2 Å². The highest BCUT2D eigenvalue weighted by Gasteiger charge is 2.03. The van der Waals surface area contributed by atoms with Gasteiger partial charge in [0.15, 0.2) is 6.20 Å². The summed E-state index contributed by atoms with van der Waals surface area (Å²) in [7, 11) is 0. The number of aromatic amines is 1. The molecule has 2 nitrogen and oxygen atoms in total. The molecule has 0 aliphatic rings. The number of benzene rings is 1. The number of pyridine rings is 2. The van der Waals surface area contributed by atoms with Gasteiger partial charge in [-0.15, -0.1) is 12.3 Å². The molecule has 0 radical (unpaired) electrons. The fourth-order valence-electron chi connectivity index (χ4n) is 1.83. The molecule has 0 aliphatic heterocycles. The highest BCUT2D eigenvalue weighted by molar-refractivity contribution is 5.85. The lowest BCUT2D eigenvalue weighted by Gasteiger charge is -1.93. The Morgan fingerprint density at radius 2 is 1.82 bits per heavy atom. The molecule has 0 spiro atoms. The van der Waals surface area contributed by atoms with Gasteiger partial charge in [-0.3, -0.25) is 0 Å². The molecule has 0 saturated carbocycles. The van der Waals surface area contributed by atoms with Gasteiger partial charge in [0.2, 0.25) is 0 Å². The number of nitrogens with zero attached hydrogens (tertiary/aromatic N) is 1. The molecule has 3 aromatic rings. The average molecular weight is 285 g/mol. The van der Waals surface area contributed by atoms with E-state index in [1.165, 1.54) is 5.39 Å². The first kappa shape index (κ1) is 15.3. The predicted molar refractivity (Wildman–Crippen MR) is 89.8 cm³/mol. The molecule has 0 fully saturated rings. The van der Waals surface area contributed by atoms with E-state index in [9.17, 15) is 0 Å². The second-order valence-electron chi connectivity index (χ2n) is 4.46. The predicted octanol–water partition coefficient (Wildman–Crippen LogP) is 3.48. The van der Waals surface area contributed by atoms with E-state index >= 15 is 0 Å². The van der Waals surface area contributed by atoms with Crippen molar-refractivity contribution in [2.24, 2.45) is 0 Å². The number of nitrogens with one attached hydrogen (secondary N) is 1. The number of hydrogen-bond acceptors (Lipinski definition) is 1. The molecular weight excluding hydrogens is 268 g/mol. The minimum Gasteiger partial charge on any atom is -0.248 e. The van der Waals surface area contributed by atoms with Gasteiger partial charge < -0.3 is 0 Å². The lowest BCUT2D eigenvalue weighted by atomic mass is 10.1. The Labute approximate surface area is 131 Å². The Kier molecular flexibility index (Phi) is 5.73. The zero-order valence-electron chi connectivity index (χ0n) is 12.5. The first-order valence-corrected chi connectivity index (χ1v) is 7.11. The van der Waals surface area contributed by atoms with E-state index in [-0.39, 0.29) is 0 Å². The summed E-state index contributed by atoms with van der Waals surface area (Å²) in [6, 6.07) is 15.9. The van der Waals surface area contributed by atoms with Crippen LogP contribution in [0.5, 0.6) is 0 Å². The molecule has 3 rings (SSSR count). The molecule has 0 atom stereocenters. The van der Waals surface area contributed by atoms with Crippen LogP contribution in [0.2, 0.25) is 0 Å². The number of rotatable bonds is 0. The standard InChI is InChI=1S/C16H10N2.C4H6/c1-2-7-15-13(5-1)10-12-18-16(15)9-8-14-6-3-4-11-17-14;1-3-4-2/h1-7,10-12H;1H,4H2,2H3/p+1. The van der Waals surface area contributed by atoms with Crippen molar-refractivity contribution in [2.45, 2.75) is 13.3 Å². The van der Waals surface area contributed by atoms with E-state index < -0.39 is 0 Å². The minimum atomic E-state index is 0.777. The number of terminal acetylenes is 1. The van der Waals surface area contributed by atoms with Gasteiger partial charge in [0, 0.05) is 24.6 Å². The lowest BCUT2D eigenvalue weighted by molar-refractivity contribution is -0.379. The Morgan fingerprint density at radius 1 is 1.05 bits per heavy atom. The fourth-order valence-corrected chi connectivity index (χ4v) is 1.83. The van der Waals surface area contributed by atoms with Crippen LogP contribution in [0.25, 0.3) is 10.8 Å². The maximum atomic E-state index is 4.78. The van der Waals surface area contributed by atoms with Gasteiger partial charge in [0.05, 0.1) is 5.39 Å². The van der Waals surface area contributed by atoms with Crippen molar-refractivity contribution in [3.63, 3.8) is 0 Å². The summed E-state index contributed by atoms with van der Waals surface area (Å²) in [5.41, 5.74) is 1.69. The maximum absolute atomic E-state index is 4.78. The van der Waals surface area contributed by atoms with E-state index in [1.54, 1.807) is 6.20 Å². The molecule has 2 heteroatoms. The summed E-state index contributed by atoms with van der Waals surface area (Å²) in [5.74, 6) is 8.63. The van der Waals surface area contributed by atoms with Crippen LogP contribution in [0.3, 0.4) is 0 Å². The third-order valence-electron chi connectivity index (χ3n) is 2.91. The van der Waals surface area contributed by atoms with Crippen molar-refractivity contribution in [2.75, 3.05) is 0 Å². The zero-order valence-corrected chi connectivity index (χ0v) is 12.5. The van der Waals surface area contributed by atoms with Crippen LogP contribution in [0.1, 0.15) is 24.7 Å². The molecule has 2 heterocycles. The fraction of sp³-hybridized carbons (Fsp3) is 0.100. The maximum Gasteiger partial charge on any atom is 0.263 e. The molecule has 2 aromatic heterocycles. The number of hydrogen-bond donors (Lipinski definition) is 0. The van der Waals surface area contributed by atoms with Crippen molar-refractivity contribution in [1.29, 1.82) is 0 Å². The van der Waals surface area contributed by atoms with Crippen molar-refractivity contribution < 1.29 is 4.98 Å². The molecule has 0 aliphatic carbocycles. The molecule has 0 amide bonds. The normalized spacial score (nSPS) is 8.91. The van der Waals surface area contributed by atoms with Gasteiger partial charge in [-0.2, -0.15) is 0 Å². The van der Waals surface area contributed by atoms with Crippen molar-refractivity contribution >= 4 is 10.8 Å². The van der Waals surface area contributed by atoms with Crippen molar-refractivity contribution in [3.8, 4) is 24.2 Å². The van der Waals surface area contributed by atoms with Crippen LogP contribution >= 0.6 is 0 Å². The summed E-state index contributed by atoms with van der Waals surface area (Å²) in [6.45, 7) is 1.94. The summed E-state index contributed by atoms with van der Waals surface area (Å²) in [5, 5.41) is 2.31. The van der Waals surface area contributed by atoms with Gasteiger partial charge in [0.25, 0.3) is 5.69 Å². The van der Waals surface area contributed by atoms with Crippen molar-refractivity contribution in [1.82, 2.24) is 4.98 Å². The zero-order chi connectivity index (χ0) is 15.6. The van der Waals surface area contributed by atoms with Gasteiger partial charge >= 0.3 is 0 Å². The Hall–Kier alpha value is -3.10. The van der Waals surface area contributed by atoms with Crippen LogP contribution in [0, 0.1) is 24.2 Å². The molecule has 0 saturated heterocycles. The largest absolute Gasteiger partial charge is 0.263 e. The lowest BCUT2D eigenvalue weighted by Crippen LogP contribution is -2.06. The Bertz CT molecular complexity index is 829. The molecule has 0 unspecified atom stereocenters. The first-order chi connectivity index (χ1) is 10.8. The molecule has 1 N–H and O–H groups in total. The van der Waals surface area contributed by atoms with E-state index in [1.807, 2.05) is 49.5 Å². The Morgan fingerprint density at radius 3 is 2.55 bits per heavy atom. The van der Waals surface area contributed by atoms with E-state index in [0.29, 0.717) is 0 Å². The molecule has 22 heavy (non-hydrogen) atoms. The molecular formula is C20H17N2+. The van der Waals surface area contributed by atoms with Gasteiger partial charge in [-0.05, 0) is 29.5 Å². The Balaban J connectivity index is 0.000000396. The number of H-pyrrole nitrogens is 1. The van der Waals surface area contributed by atoms with Crippen LogP contribution in [0.4, 0.5) is 0 Å². The third kappa shape index (κ3) is 4.20. The summed E-state index contributed by atoms with van der Waals surface area (Å²) >= 11 is 0. The average Bonchev–Trinajstić information content (AvgIpc) is 2.61. The topological polar surface area (TPSA) is 27.0 Å². The van der Waals surface area contributed by atoms with Gasteiger partial charge in [0.1, 0.15) is 5.69 Å². The number of fused-ring (bicyclic) bond motifs is 1. The summed E-state index contributed by atoms with van der Waals surface area (Å²) in [6.07, 6.45) is 9.28. The van der Waals surface area contributed by atoms with Crippen LogP contribution < -0.4 is 4.98 Å². The third-order valence-corrected chi connectivity index (χ3v) is 2.91. The molecule has 1 aromatic carbocycles. The molecule has 0 bridgehead atoms. The van der Waals surface area contributed by atoms with Crippen LogP contribution in [-0.2, 0) is 0 Å². The van der Waals surface area contributed by atoms with Gasteiger partial charge in [-0.1, -0.05) is 31.2 Å². The SMILES string of the molecule is C#CCC.C(#Cc1[nH+]ccc2ccccc12)c1ccccn1. The quantitative estimate of drug-likeness (QED) is 0.581. The van der Waals surface area contributed by atoms with E-state index in [2.05, 4.69) is 39.9 Å². The van der Waals surface area contributed by atoms with E-state index in [4.69, 9.17) is 6.42 Å². The molecule has 106 valence electrons. The van der Waals surface area contributed by atoms with Crippen molar-refractivity contribution in [3.05, 3.63) is 72.3 Å². The second kappa shape index (κ2) is 8.25. The minimum absolute atomic E-state index is 0.777. The first-order valence-electron chi connectivity index (χ1n) is 7.11. The highest BCUT2D eigenvalue weighted by atomic mass is 14.7.